The van der Waals surface area contributed by atoms with Gasteiger partial charge in [-0.1, -0.05) is 18.2 Å². The van der Waals surface area contributed by atoms with Crippen molar-refractivity contribution in [2.45, 2.75) is 31.7 Å². The minimum absolute atomic E-state index is 0.00419. The van der Waals surface area contributed by atoms with E-state index in [0.717, 1.165) is 22.2 Å². The summed E-state index contributed by atoms with van der Waals surface area (Å²) in [5, 5.41) is 4.17. The maximum atomic E-state index is 5.96. The lowest BCUT2D eigenvalue weighted by atomic mass is 10.1. The molecule has 2 aromatic rings. The Morgan fingerprint density at radius 2 is 2.17 bits per heavy atom. The second kappa shape index (κ2) is 4.66. The Morgan fingerprint density at radius 1 is 1.39 bits per heavy atom. The predicted octanol–water partition coefficient (Wildman–Crippen LogP) is 3.18. The zero-order chi connectivity index (χ0) is 12.5. The first-order valence-electron chi connectivity index (χ1n) is 6.19. The van der Waals surface area contributed by atoms with Gasteiger partial charge in [0.15, 0.2) is 0 Å². The lowest BCUT2D eigenvalue weighted by Gasteiger charge is -2.12. The molecule has 1 aliphatic carbocycles. The van der Waals surface area contributed by atoms with Gasteiger partial charge < -0.3 is 11.1 Å². The molecule has 1 aromatic heterocycles. The molecule has 0 amide bonds. The Kier molecular flexibility index (Phi) is 3.01. The summed E-state index contributed by atoms with van der Waals surface area (Å²) in [5.41, 5.74) is 8.08. The molecule has 0 spiro atoms. The molecule has 1 atom stereocenters. The van der Waals surface area contributed by atoms with Crippen molar-refractivity contribution in [2.24, 2.45) is 5.73 Å². The van der Waals surface area contributed by atoms with Crippen LogP contribution in [0.1, 0.15) is 43.1 Å². The molecule has 5 heteroatoms. The quantitative estimate of drug-likeness (QED) is 0.886. The highest BCUT2D eigenvalue weighted by molar-refractivity contribution is 7.09. The van der Waals surface area contributed by atoms with Crippen LogP contribution in [0.15, 0.2) is 24.3 Å². The van der Waals surface area contributed by atoms with Gasteiger partial charge in [-0.25, -0.2) is 4.98 Å². The molecule has 0 aliphatic heterocycles. The minimum atomic E-state index is 0.00419. The summed E-state index contributed by atoms with van der Waals surface area (Å²) in [6.45, 7) is 1.98. The molecule has 4 nitrogen and oxygen atoms in total. The summed E-state index contributed by atoms with van der Waals surface area (Å²) < 4.78 is 4.39. The highest BCUT2D eigenvalue weighted by atomic mass is 32.1. The summed E-state index contributed by atoms with van der Waals surface area (Å²) in [7, 11) is 0. The van der Waals surface area contributed by atoms with E-state index in [0.29, 0.717) is 5.92 Å². The molecule has 18 heavy (non-hydrogen) atoms. The molecule has 1 heterocycles. The average molecular weight is 260 g/mol. The van der Waals surface area contributed by atoms with E-state index in [1.54, 1.807) is 0 Å². The largest absolute Gasteiger partial charge is 0.330 e. The molecule has 94 valence electrons. The van der Waals surface area contributed by atoms with E-state index in [9.17, 15) is 0 Å². The van der Waals surface area contributed by atoms with Crippen molar-refractivity contribution in [1.29, 1.82) is 0 Å². The summed E-state index contributed by atoms with van der Waals surface area (Å²) in [5.74, 6) is 1.58. The van der Waals surface area contributed by atoms with Gasteiger partial charge in [0.05, 0.1) is 0 Å². The summed E-state index contributed by atoms with van der Waals surface area (Å²) >= 11 is 1.42. The molecular formula is C13H16N4S. The van der Waals surface area contributed by atoms with Crippen LogP contribution < -0.4 is 11.1 Å². The van der Waals surface area contributed by atoms with Crippen LogP contribution in [0.5, 0.6) is 0 Å². The summed E-state index contributed by atoms with van der Waals surface area (Å²) in [6.07, 6.45) is 2.46. The smallest absolute Gasteiger partial charge is 0.207 e. The first kappa shape index (κ1) is 11.6. The molecule has 1 unspecified atom stereocenters. The van der Waals surface area contributed by atoms with Gasteiger partial charge in [0.1, 0.15) is 5.82 Å². The number of hydrogen-bond donors (Lipinski definition) is 2. The highest BCUT2D eigenvalue weighted by Crippen LogP contribution is 2.39. The molecule has 1 aliphatic rings. The van der Waals surface area contributed by atoms with E-state index >= 15 is 0 Å². The van der Waals surface area contributed by atoms with Gasteiger partial charge in [0.2, 0.25) is 5.13 Å². The molecular weight excluding hydrogens is 244 g/mol. The molecule has 1 aromatic carbocycles. The molecule has 0 saturated heterocycles. The van der Waals surface area contributed by atoms with E-state index in [2.05, 4.69) is 14.7 Å². The standard InChI is InChI=1S/C13H16N4S/c1-8(14)10-4-2-3-5-11(10)15-13-16-12(17-18-13)9-6-7-9/h2-5,8-9H,6-7,14H2,1H3,(H,15,16,17). The second-order valence-electron chi connectivity index (χ2n) is 4.73. The van der Waals surface area contributed by atoms with Crippen LogP contribution >= 0.6 is 11.5 Å². The third-order valence-corrected chi connectivity index (χ3v) is 3.72. The van der Waals surface area contributed by atoms with E-state index < -0.39 is 0 Å². The van der Waals surface area contributed by atoms with Crippen molar-refractivity contribution >= 4 is 22.4 Å². The predicted molar refractivity (Wildman–Crippen MR) is 74.2 cm³/mol. The lowest BCUT2D eigenvalue weighted by molar-refractivity contribution is 0.820. The SMILES string of the molecule is CC(N)c1ccccc1Nc1nc(C2CC2)ns1. The number of nitrogens with two attached hydrogens (primary N) is 1. The topological polar surface area (TPSA) is 63.8 Å². The van der Waals surface area contributed by atoms with Crippen molar-refractivity contribution in [3.8, 4) is 0 Å². The van der Waals surface area contributed by atoms with Gasteiger partial charge in [-0.2, -0.15) is 4.37 Å². The number of nitrogens with one attached hydrogen (secondary N) is 1. The molecule has 0 bridgehead atoms. The van der Waals surface area contributed by atoms with E-state index in [4.69, 9.17) is 5.73 Å². The Hall–Kier alpha value is -1.46. The zero-order valence-electron chi connectivity index (χ0n) is 10.3. The maximum absolute atomic E-state index is 5.96. The van der Waals surface area contributed by atoms with Crippen molar-refractivity contribution in [1.82, 2.24) is 9.36 Å². The molecule has 3 rings (SSSR count). The normalized spacial score (nSPS) is 16.6. The second-order valence-corrected chi connectivity index (χ2v) is 5.48. The summed E-state index contributed by atoms with van der Waals surface area (Å²) in [4.78, 5) is 4.52. The van der Waals surface area contributed by atoms with Gasteiger partial charge in [0.25, 0.3) is 0 Å². The fourth-order valence-corrected chi connectivity index (χ4v) is 2.58. The maximum Gasteiger partial charge on any atom is 0.207 e. The van der Waals surface area contributed by atoms with Gasteiger partial charge in [0, 0.05) is 29.2 Å². The monoisotopic (exact) mass is 260 g/mol. The fourth-order valence-electron chi connectivity index (χ4n) is 1.92. The van der Waals surface area contributed by atoms with Crippen LogP contribution in [0.4, 0.5) is 10.8 Å². The van der Waals surface area contributed by atoms with Crippen molar-refractivity contribution in [3.63, 3.8) is 0 Å². The van der Waals surface area contributed by atoms with Gasteiger partial charge in [-0.15, -0.1) is 0 Å². The van der Waals surface area contributed by atoms with Crippen LogP contribution in [0, 0.1) is 0 Å². The molecule has 1 fully saturated rings. The van der Waals surface area contributed by atoms with Gasteiger partial charge >= 0.3 is 0 Å². The number of rotatable bonds is 4. The lowest BCUT2D eigenvalue weighted by Crippen LogP contribution is -2.07. The zero-order valence-corrected chi connectivity index (χ0v) is 11.1. The highest BCUT2D eigenvalue weighted by Gasteiger charge is 2.27. The Labute approximate surface area is 110 Å². The van der Waals surface area contributed by atoms with Crippen LogP contribution in [-0.2, 0) is 0 Å². The van der Waals surface area contributed by atoms with E-state index in [1.807, 2.05) is 31.2 Å². The molecule has 0 radical (unpaired) electrons. The van der Waals surface area contributed by atoms with Crippen LogP contribution in [0.25, 0.3) is 0 Å². The molecule has 1 saturated carbocycles. The molecule has 3 N–H and O–H groups in total. The first-order chi connectivity index (χ1) is 8.74. The minimum Gasteiger partial charge on any atom is -0.330 e. The number of aromatic nitrogens is 2. The van der Waals surface area contributed by atoms with E-state index in [1.165, 1.54) is 24.4 Å². The Bertz CT molecular complexity index is 545. The van der Waals surface area contributed by atoms with Crippen LogP contribution in [0.3, 0.4) is 0 Å². The van der Waals surface area contributed by atoms with Crippen LogP contribution in [-0.4, -0.2) is 9.36 Å². The number of hydrogen-bond acceptors (Lipinski definition) is 5. The van der Waals surface area contributed by atoms with Crippen LogP contribution in [0.2, 0.25) is 0 Å². The number of benzene rings is 1. The number of nitrogens with zero attached hydrogens (tertiary/aromatic N) is 2. The number of para-hydroxylation sites is 1. The third-order valence-electron chi connectivity index (χ3n) is 3.08. The Balaban J connectivity index is 1.82. The first-order valence-corrected chi connectivity index (χ1v) is 6.96. The fraction of sp³-hybridized carbons (Fsp3) is 0.385. The van der Waals surface area contributed by atoms with Gasteiger partial charge in [-0.05, 0) is 31.4 Å². The Morgan fingerprint density at radius 3 is 2.89 bits per heavy atom. The average Bonchev–Trinajstić information content (AvgIpc) is 3.11. The van der Waals surface area contributed by atoms with Crippen molar-refractivity contribution in [2.75, 3.05) is 5.32 Å². The summed E-state index contributed by atoms with van der Waals surface area (Å²) in [6, 6.07) is 8.06. The number of anilines is 2. The third kappa shape index (κ3) is 2.37. The van der Waals surface area contributed by atoms with Crippen molar-refractivity contribution in [3.05, 3.63) is 35.7 Å². The van der Waals surface area contributed by atoms with Gasteiger partial charge in [-0.3, -0.25) is 0 Å². The van der Waals surface area contributed by atoms with Crippen molar-refractivity contribution < 1.29 is 0 Å². The van der Waals surface area contributed by atoms with E-state index in [-0.39, 0.29) is 6.04 Å².